The van der Waals surface area contributed by atoms with E-state index in [1.165, 1.54) is 0 Å². The number of nitrogens with zero attached hydrogens (tertiary/aromatic N) is 1. The highest BCUT2D eigenvalue weighted by molar-refractivity contribution is 14.0. The molecular formula is C20H34IN3O2. The molecule has 148 valence electrons. The number of ether oxygens (including phenoxy) is 2. The Hall–Kier alpha value is -1.28. The molecule has 0 fully saturated rings. The average molecular weight is 475 g/mol. The van der Waals surface area contributed by atoms with E-state index < -0.39 is 0 Å². The molecule has 1 atom stereocenters. The molecule has 0 aliphatic carbocycles. The third kappa shape index (κ3) is 9.43. The second-order valence-corrected chi connectivity index (χ2v) is 6.09. The molecular weight excluding hydrogens is 441 g/mol. The molecule has 1 aromatic rings. The second-order valence-electron chi connectivity index (χ2n) is 6.09. The summed E-state index contributed by atoms with van der Waals surface area (Å²) < 4.78 is 11.5. The van der Waals surface area contributed by atoms with Crippen LogP contribution in [0.1, 0.15) is 32.8 Å². The van der Waals surface area contributed by atoms with Crippen molar-refractivity contribution < 1.29 is 9.47 Å². The van der Waals surface area contributed by atoms with E-state index in [1.807, 2.05) is 31.2 Å². The van der Waals surface area contributed by atoms with Crippen LogP contribution >= 0.6 is 24.0 Å². The topological polar surface area (TPSA) is 54.9 Å². The number of para-hydroxylation sites is 1. The van der Waals surface area contributed by atoms with Crippen LogP contribution in [0.3, 0.4) is 0 Å². The van der Waals surface area contributed by atoms with Gasteiger partial charge in [0.1, 0.15) is 12.4 Å². The molecule has 0 aliphatic rings. The van der Waals surface area contributed by atoms with Crippen LogP contribution in [0.2, 0.25) is 0 Å². The summed E-state index contributed by atoms with van der Waals surface area (Å²) in [7, 11) is 1.78. The Labute approximate surface area is 175 Å². The minimum atomic E-state index is 0. The summed E-state index contributed by atoms with van der Waals surface area (Å²) in [4.78, 5) is 4.28. The van der Waals surface area contributed by atoms with Gasteiger partial charge in [0.05, 0.1) is 6.10 Å². The molecule has 0 amide bonds. The Morgan fingerprint density at radius 1 is 1.27 bits per heavy atom. The van der Waals surface area contributed by atoms with Crippen molar-refractivity contribution in [1.29, 1.82) is 0 Å². The minimum absolute atomic E-state index is 0. The van der Waals surface area contributed by atoms with Gasteiger partial charge in [-0.1, -0.05) is 44.7 Å². The summed E-state index contributed by atoms with van der Waals surface area (Å²) in [6.07, 6.45) is 2.96. The van der Waals surface area contributed by atoms with Gasteiger partial charge in [-0.25, -0.2) is 0 Å². The Morgan fingerprint density at radius 3 is 2.62 bits per heavy atom. The summed E-state index contributed by atoms with van der Waals surface area (Å²) in [5, 5.41) is 6.68. The number of guanidine groups is 1. The maximum atomic E-state index is 5.78. The van der Waals surface area contributed by atoms with Crippen LogP contribution in [-0.4, -0.2) is 38.9 Å². The number of aliphatic imine (C=N–C) groups is 1. The molecule has 0 heterocycles. The van der Waals surface area contributed by atoms with E-state index in [-0.39, 0.29) is 30.1 Å². The summed E-state index contributed by atoms with van der Waals surface area (Å²) in [6.45, 7) is 12.8. The van der Waals surface area contributed by atoms with Crippen LogP contribution in [0.4, 0.5) is 0 Å². The van der Waals surface area contributed by atoms with Crippen molar-refractivity contribution >= 4 is 29.9 Å². The van der Waals surface area contributed by atoms with Crippen molar-refractivity contribution in [3.8, 4) is 5.75 Å². The highest BCUT2D eigenvalue weighted by Gasteiger charge is 2.13. The second kappa shape index (κ2) is 14.8. The monoisotopic (exact) mass is 475 g/mol. The molecule has 0 spiro atoms. The molecule has 0 radical (unpaired) electrons. The normalized spacial score (nSPS) is 12.3. The molecule has 0 aromatic heterocycles. The SMILES string of the molecule is C=CCOc1ccccc1CNC(=NC)NCCC(OCC)C(C)C.I. The Bertz CT molecular complexity index is 536. The van der Waals surface area contributed by atoms with E-state index in [4.69, 9.17) is 9.47 Å². The molecule has 6 heteroatoms. The Balaban J connectivity index is 0.00000625. The van der Waals surface area contributed by atoms with E-state index in [0.717, 1.165) is 36.8 Å². The predicted molar refractivity (Wildman–Crippen MR) is 121 cm³/mol. The van der Waals surface area contributed by atoms with Crippen molar-refractivity contribution in [2.45, 2.75) is 39.8 Å². The fourth-order valence-electron chi connectivity index (χ4n) is 2.49. The van der Waals surface area contributed by atoms with Gasteiger partial charge in [0.15, 0.2) is 5.96 Å². The lowest BCUT2D eigenvalue weighted by Gasteiger charge is -2.21. The van der Waals surface area contributed by atoms with Crippen molar-refractivity contribution in [3.63, 3.8) is 0 Å². The van der Waals surface area contributed by atoms with Gasteiger partial charge in [0, 0.05) is 32.3 Å². The van der Waals surface area contributed by atoms with E-state index in [0.29, 0.717) is 19.1 Å². The van der Waals surface area contributed by atoms with Gasteiger partial charge >= 0.3 is 0 Å². The fourth-order valence-corrected chi connectivity index (χ4v) is 2.49. The first kappa shape index (κ1) is 24.7. The largest absolute Gasteiger partial charge is 0.489 e. The van der Waals surface area contributed by atoms with Crippen molar-refractivity contribution in [3.05, 3.63) is 42.5 Å². The van der Waals surface area contributed by atoms with Gasteiger partial charge in [-0.15, -0.1) is 24.0 Å². The molecule has 0 saturated heterocycles. The first-order chi connectivity index (χ1) is 12.1. The molecule has 0 aliphatic heterocycles. The number of rotatable bonds is 11. The minimum Gasteiger partial charge on any atom is -0.489 e. The molecule has 0 bridgehead atoms. The zero-order valence-electron chi connectivity index (χ0n) is 16.5. The van der Waals surface area contributed by atoms with Gasteiger partial charge < -0.3 is 20.1 Å². The smallest absolute Gasteiger partial charge is 0.191 e. The van der Waals surface area contributed by atoms with Crippen LogP contribution in [0.15, 0.2) is 41.9 Å². The molecule has 2 N–H and O–H groups in total. The predicted octanol–water partition coefficient (Wildman–Crippen LogP) is 3.99. The fraction of sp³-hybridized carbons (Fsp3) is 0.550. The highest BCUT2D eigenvalue weighted by Crippen LogP contribution is 2.17. The van der Waals surface area contributed by atoms with E-state index in [2.05, 4.69) is 36.1 Å². The van der Waals surface area contributed by atoms with Gasteiger partial charge in [-0.3, -0.25) is 4.99 Å². The first-order valence-corrected chi connectivity index (χ1v) is 9.00. The third-order valence-electron chi connectivity index (χ3n) is 3.84. The third-order valence-corrected chi connectivity index (χ3v) is 3.84. The van der Waals surface area contributed by atoms with Crippen LogP contribution in [0, 0.1) is 5.92 Å². The number of hydrogen-bond acceptors (Lipinski definition) is 3. The van der Waals surface area contributed by atoms with E-state index in [1.54, 1.807) is 13.1 Å². The lowest BCUT2D eigenvalue weighted by molar-refractivity contribution is 0.0258. The quantitative estimate of drug-likeness (QED) is 0.220. The summed E-state index contributed by atoms with van der Waals surface area (Å²) in [5.74, 6) is 2.14. The molecule has 1 unspecified atom stereocenters. The summed E-state index contributed by atoms with van der Waals surface area (Å²) in [6, 6.07) is 7.98. The van der Waals surface area contributed by atoms with E-state index >= 15 is 0 Å². The van der Waals surface area contributed by atoms with Crippen molar-refractivity contribution in [2.24, 2.45) is 10.9 Å². The van der Waals surface area contributed by atoms with Crippen molar-refractivity contribution in [1.82, 2.24) is 10.6 Å². The van der Waals surface area contributed by atoms with Crippen LogP contribution in [0.25, 0.3) is 0 Å². The number of benzene rings is 1. The molecule has 5 nitrogen and oxygen atoms in total. The molecule has 0 saturated carbocycles. The summed E-state index contributed by atoms with van der Waals surface area (Å²) >= 11 is 0. The Kier molecular flexibility index (Phi) is 14.1. The lowest BCUT2D eigenvalue weighted by atomic mass is 10.0. The molecule has 1 rings (SSSR count). The molecule has 26 heavy (non-hydrogen) atoms. The first-order valence-electron chi connectivity index (χ1n) is 9.00. The van der Waals surface area contributed by atoms with Gasteiger partial charge in [0.2, 0.25) is 0 Å². The van der Waals surface area contributed by atoms with Gasteiger partial charge in [-0.2, -0.15) is 0 Å². The van der Waals surface area contributed by atoms with E-state index in [9.17, 15) is 0 Å². The number of hydrogen-bond donors (Lipinski definition) is 2. The van der Waals surface area contributed by atoms with Gasteiger partial charge in [0.25, 0.3) is 0 Å². The lowest BCUT2D eigenvalue weighted by Crippen LogP contribution is -2.39. The highest BCUT2D eigenvalue weighted by atomic mass is 127. The standard InChI is InChI=1S/C20H33N3O2.HI/c1-6-14-25-19-11-9-8-10-17(19)15-23-20(21-5)22-13-12-18(16(3)4)24-7-2;/h6,8-11,16,18H,1,7,12-15H2,2-5H3,(H2,21,22,23);1H. The number of nitrogens with one attached hydrogen (secondary N) is 2. The summed E-state index contributed by atoms with van der Waals surface area (Å²) in [5.41, 5.74) is 1.08. The molecule has 1 aromatic carbocycles. The maximum Gasteiger partial charge on any atom is 0.191 e. The number of halogens is 1. The zero-order chi connectivity index (χ0) is 18.5. The Morgan fingerprint density at radius 2 is 2.00 bits per heavy atom. The van der Waals surface area contributed by atoms with Crippen LogP contribution in [0.5, 0.6) is 5.75 Å². The van der Waals surface area contributed by atoms with Crippen molar-refractivity contribution in [2.75, 3.05) is 26.8 Å². The maximum absolute atomic E-state index is 5.78. The van der Waals surface area contributed by atoms with Crippen LogP contribution < -0.4 is 15.4 Å². The average Bonchev–Trinajstić information content (AvgIpc) is 2.62. The zero-order valence-corrected chi connectivity index (χ0v) is 18.8. The van der Waals surface area contributed by atoms with Gasteiger partial charge in [-0.05, 0) is 25.3 Å². The van der Waals surface area contributed by atoms with Crippen LogP contribution in [-0.2, 0) is 11.3 Å².